The predicted molar refractivity (Wildman–Crippen MR) is 134 cm³/mol. The van der Waals surface area contributed by atoms with Crippen molar-refractivity contribution in [3.8, 4) is 17.1 Å². The first-order valence-electron chi connectivity index (χ1n) is 10.5. The molecule has 0 atom stereocenters. The van der Waals surface area contributed by atoms with E-state index in [0.29, 0.717) is 38.5 Å². The number of hydrogen-bond donors (Lipinski definition) is 0. The van der Waals surface area contributed by atoms with E-state index in [4.69, 9.17) is 16.3 Å². The largest absolute Gasteiger partial charge is 0.490 e. The quantitative estimate of drug-likeness (QED) is 0.288. The fourth-order valence-corrected chi connectivity index (χ4v) is 4.66. The zero-order valence-corrected chi connectivity index (χ0v) is 21.0. The number of ether oxygens (including phenoxy) is 1. The summed E-state index contributed by atoms with van der Waals surface area (Å²) in [6, 6.07) is 13.3. The van der Waals surface area contributed by atoms with Crippen molar-refractivity contribution in [2.24, 2.45) is 0 Å². The Morgan fingerprint density at radius 3 is 2.71 bits per heavy atom. The molecule has 0 spiro atoms. The molecule has 0 fully saturated rings. The van der Waals surface area contributed by atoms with Crippen LogP contribution in [0.1, 0.15) is 21.8 Å². The summed E-state index contributed by atoms with van der Waals surface area (Å²) in [5, 5.41) is 8.30. The van der Waals surface area contributed by atoms with Crippen LogP contribution in [0.4, 0.5) is 0 Å². The van der Waals surface area contributed by atoms with Crippen molar-refractivity contribution in [3.63, 3.8) is 0 Å². The first kappa shape index (κ1) is 24.8. The molecule has 0 saturated heterocycles. The summed E-state index contributed by atoms with van der Waals surface area (Å²) in [5.74, 6) is 0.140. The standard InChI is InChI=1S/C23H21ClN4O5S2/c1-35(31,32)13-12-33-20-14-17(27-11-3-2-4-23(27)30)6-7-18(20)28-15-16(25-26-28)5-8-19(29)21-9-10-22(24)34-21/h2-4,6-7,9-11,14-15H,5,8,12-13H2,1H3. The highest BCUT2D eigenvalue weighted by Gasteiger charge is 2.15. The molecule has 0 aliphatic heterocycles. The third kappa shape index (κ3) is 6.44. The Hall–Kier alpha value is -3.28. The van der Waals surface area contributed by atoms with E-state index in [-0.39, 0.29) is 30.1 Å². The SMILES string of the molecule is CS(=O)(=O)CCOc1cc(-n2ccccc2=O)ccc1-n1cc(CCC(=O)c2ccc(Cl)s2)nn1. The van der Waals surface area contributed by atoms with Crippen LogP contribution in [0.15, 0.2) is 65.7 Å². The lowest BCUT2D eigenvalue weighted by Gasteiger charge is -2.13. The van der Waals surface area contributed by atoms with Crippen LogP contribution >= 0.6 is 22.9 Å². The molecule has 3 aromatic heterocycles. The van der Waals surface area contributed by atoms with Gasteiger partial charge in [-0.3, -0.25) is 14.2 Å². The minimum Gasteiger partial charge on any atom is -0.490 e. The second-order valence-electron chi connectivity index (χ2n) is 7.72. The molecule has 0 saturated carbocycles. The van der Waals surface area contributed by atoms with Crippen molar-refractivity contribution in [1.82, 2.24) is 19.6 Å². The molecule has 4 rings (SSSR count). The predicted octanol–water partition coefficient (Wildman–Crippen LogP) is 3.37. The molecule has 0 radical (unpaired) electrons. The Bertz CT molecular complexity index is 1520. The molecule has 9 nitrogen and oxygen atoms in total. The van der Waals surface area contributed by atoms with Crippen LogP contribution in [0.2, 0.25) is 4.34 Å². The third-order valence-electron chi connectivity index (χ3n) is 5.00. The summed E-state index contributed by atoms with van der Waals surface area (Å²) >= 11 is 7.14. The first-order valence-corrected chi connectivity index (χ1v) is 13.8. The van der Waals surface area contributed by atoms with Gasteiger partial charge < -0.3 is 4.74 Å². The number of thiophene rings is 1. The summed E-state index contributed by atoms with van der Waals surface area (Å²) < 4.78 is 32.4. The summed E-state index contributed by atoms with van der Waals surface area (Å²) in [6.07, 6.45) is 5.08. The number of hydrogen-bond acceptors (Lipinski definition) is 8. The maximum Gasteiger partial charge on any atom is 0.255 e. The van der Waals surface area contributed by atoms with Crippen LogP contribution in [0.5, 0.6) is 5.75 Å². The Kier molecular flexibility index (Phi) is 7.48. The maximum atomic E-state index is 12.4. The fourth-order valence-electron chi connectivity index (χ4n) is 3.26. The van der Waals surface area contributed by atoms with E-state index in [1.165, 1.54) is 26.7 Å². The van der Waals surface area contributed by atoms with E-state index in [2.05, 4.69) is 10.3 Å². The molecular formula is C23H21ClN4O5S2. The van der Waals surface area contributed by atoms with Gasteiger partial charge in [-0.2, -0.15) is 0 Å². The Morgan fingerprint density at radius 2 is 2.00 bits per heavy atom. The van der Waals surface area contributed by atoms with Gasteiger partial charge >= 0.3 is 0 Å². The van der Waals surface area contributed by atoms with Gasteiger partial charge in [0.15, 0.2) is 15.6 Å². The number of nitrogens with zero attached hydrogens (tertiary/aromatic N) is 4. The van der Waals surface area contributed by atoms with Gasteiger partial charge in [-0.05, 0) is 30.3 Å². The van der Waals surface area contributed by atoms with Crippen LogP contribution in [0.3, 0.4) is 0 Å². The molecule has 0 N–H and O–H groups in total. The number of benzene rings is 1. The summed E-state index contributed by atoms with van der Waals surface area (Å²) in [4.78, 5) is 25.2. The van der Waals surface area contributed by atoms with E-state index in [9.17, 15) is 18.0 Å². The van der Waals surface area contributed by atoms with Gasteiger partial charge in [0.1, 0.15) is 18.0 Å². The number of rotatable bonds is 10. The molecule has 1 aromatic carbocycles. The second-order valence-corrected chi connectivity index (χ2v) is 11.7. The first-order chi connectivity index (χ1) is 16.7. The highest BCUT2D eigenvalue weighted by molar-refractivity contribution is 7.90. The van der Waals surface area contributed by atoms with Gasteiger partial charge in [-0.15, -0.1) is 16.4 Å². The monoisotopic (exact) mass is 532 g/mol. The van der Waals surface area contributed by atoms with E-state index < -0.39 is 9.84 Å². The lowest BCUT2D eigenvalue weighted by molar-refractivity contribution is 0.0986. The molecule has 12 heteroatoms. The van der Waals surface area contributed by atoms with Crippen molar-refractivity contribution in [3.05, 3.63) is 86.2 Å². The maximum absolute atomic E-state index is 12.4. The van der Waals surface area contributed by atoms with Gasteiger partial charge in [-0.1, -0.05) is 22.9 Å². The summed E-state index contributed by atoms with van der Waals surface area (Å²) in [5.41, 5.74) is 1.45. The van der Waals surface area contributed by atoms with Crippen LogP contribution in [0.25, 0.3) is 11.4 Å². The minimum atomic E-state index is -3.23. The van der Waals surface area contributed by atoms with Gasteiger partial charge in [0.25, 0.3) is 5.56 Å². The van der Waals surface area contributed by atoms with Crippen molar-refractivity contribution in [1.29, 1.82) is 0 Å². The molecule has 0 bridgehead atoms. The fraction of sp³-hybridized carbons (Fsp3) is 0.217. The summed E-state index contributed by atoms with van der Waals surface area (Å²) in [7, 11) is -3.23. The Labute approximate surface area is 210 Å². The normalized spacial score (nSPS) is 11.5. The number of ketones is 1. The van der Waals surface area contributed by atoms with Crippen LogP contribution < -0.4 is 10.3 Å². The molecule has 3 heterocycles. The number of aromatic nitrogens is 4. The summed E-state index contributed by atoms with van der Waals surface area (Å²) in [6.45, 7) is -0.0710. The zero-order chi connectivity index (χ0) is 25.0. The zero-order valence-electron chi connectivity index (χ0n) is 18.6. The van der Waals surface area contributed by atoms with Gasteiger partial charge in [-0.25, -0.2) is 13.1 Å². The average molecular weight is 533 g/mol. The molecule has 0 amide bonds. The second kappa shape index (κ2) is 10.5. The Morgan fingerprint density at radius 1 is 1.17 bits per heavy atom. The molecule has 0 aliphatic carbocycles. The topological polar surface area (TPSA) is 113 Å². The highest BCUT2D eigenvalue weighted by Crippen LogP contribution is 2.26. The third-order valence-corrected chi connectivity index (χ3v) is 7.18. The van der Waals surface area contributed by atoms with Crippen molar-refractivity contribution < 1.29 is 17.9 Å². The number of halogens is 1. The van der Waals surface area contributed by atoms with Crippen molar-refractivity contribution in [2.75, 3.05) is 18.6 Å². The Balaban J connectivity index is 1.58. The van der Waals surface area contributed by atoms with Crippen LogP contribution in [-0.4, -0.2) is 52.4 Å². The molecular weight excluding hydrogens is 512 g/mol. The van der Waals surface area contributed by atoms with E-state index in [0.717, 1.165) is 6.26 Å². The number of carbonyl (C=O) groups excluding carboxylic acids is 1. The lowest BCUT2D eigenvalue weighted by Crippen LogP contribution is -2.17. The van der Waals surface area contributed by atoms with E-state index in [1.807, 2.05) is 0 Å². The van der Waals surface area contributed by atoms with E-state index in [1.54, 1.807) is 54.9 Å². The van der Waals surface area contributed by atoms with Crippen LogP contribution in [-0.2, 0) is 16.3 Å². The number of pyridine rings is 1. The van der Waals surface area contributed by atoms with Crippen molar-refractivity contribution >= 4 is 38.6 Å². The molecule has 4 aromatic rings. The molecule has 0 unspecified atom stereocenters. The number of sulfone groups is 1. The van der Waals surface area contributed by atoms with Gasteiger partial charge in [0.2, 0.25) is 0 Å². The number of Topliss-reactive ketones (excluding diaryl/α,β-unsaturated/α-hetero) is 1. The lowest BCUT2D eigenvalue weighted by atomic mass is 10.1. The molecule has 0 aliphatic rings. The average Bonchev–Trinajstić information content (AvgIpc) is 3.46. The highest BCUT2D eigenvalue weighted by atomic mass is 35.5. The van der Waals surface area contributed by atoms with E-state index >= 15 is 0 Å². The molecule has 35 heavy (non-hydrogen) atoms. The van der Waals surface area contributed by atoms with Crippen LogP contribution in [0, 0.1) is 0 Å². The minimum absolute atomic E-state index is 0.0288. The van der Waals surface area contributed by atoms with Gasteiger partial charge in [0.05, 0.1) is 32.5 Å². The number of carbonyl (C=O) groups is 1. The smallest absolute Gasteiger partial charge is 0.255 e. The van der Waals surface area contributed by atoms with Crippen molar-refractivity contribution in [2.45, 2.75) is 12.8 Å². The van der Waals surface area contributed by atoms with Gasteiger partial charge in [0, 0.05) is 37.4 Å². The molecule has 182 valence electrons. The number of aryl methyl sites for hydroxylation is 1.